The fourth-order valence-corrected chi connectivity index (χ4v) is 3.98. The molecule has 1 aliphatic carbocycles. The van der Waals surface area contributed by atoms with Crippen molar-refractivity contribution in [3.05, 3.63) is 35.5 Å². The van der Waals surface area contributed by atoms with Crippen molar-refractivity contribution < 1.29 is 17.4 Å². The molecule has 0 atom stereocenters. The summed E-state index contributed by atoms with van der Waals surface area (Å²) in [7, 11) is 0. The molecule has 1 fully saturated rings. The monoisotopic (exact) mass is 362 g/mol. The number of nitrogens with zero attached hydrogens (tertiary/aromatic N) is 3. The van der Waals surface area contributed by atoms with Crippen LogP contribution in [0.2, 0.25) is 0 Å². The van der Waals surface area contributed by atoms with Crippen LogP contribution >= 0.6 is 0 Å². The zero-order chi connectivity index (χ0) is 21.0. The molecule has 0 radical (unpaired) electrons. The summed E-state index contributed by atoms with van der Waals surface area (Å²) in [6.07, 6.45) is 4.43. The van der Waals surface area contributed by atoms with Crippen LogP contribution in [-0.4, -0.2) is 20.6 Å². The quantitative estimate of drug-likeness (QED) is 0.642. The number of fused-ring (bicyclic) bond motifs is 1. The third-order valence-electron chi connectivity index (χ3n) is 5.39. The second kappa shape index (κ2) is 6.18. The minimum absolute atomic E-state index is 0.105. The molecule has 26 heavy (non-hydrogen) atoms. The van der Waals surface area contributed by atoms with E-state index in [1.807, 2.05) is 19.9 Å². The molecule has 4 nitrogen and oxygen atoms in total. The Morgan fingerprint density at radius 2 is 2.12 bits per heavy atom. The molecule has 3 heterocycles. The van der Waals surface area contributed by atoms with Gasteiger partial charge in [-0.3, -0.25) is 0 Å². The van der Waals surface area contributed by atoms with Gasteiger partial charge >= 0.3 is 0 Å². The fraction of sp³-hybridized carbons (Fsp3) is 0.500. The molecule has 0 spiro atoms. The Balaban J connectivity index is 1.77. The highest BCUT2D eigenvalue weighted by Crippen LogP contribution is 2.38. The molecular formula is C20H23F2N3O. The average molecular weight is 362 g/mol. The number of aromatic nitrogens is 3. The molecule has 6 heteroatoms. The maximum Gasteiger partial charge on any atom is 0.248 e. The van der Waals surface area contributed by atoms with Crippen molar-refractivity contribution in [3.8, 4) is 11.1 Å². The summed E-state index contributed by atoms with van der Waals surface area (Å²) >= 11 is 0. The first-order valence-electron chi connectivity index (χ1n) is 10.4. The highest BCUT2D eigenvalue weighted by molar-refractivity contribution is 5.86. The molecule has 0 bridgehead atoms. The Kier molecular flexibility index (Phi) is 3.30. The minimum atomic E-state index is -2.58. The summed E-state index contributed by atoms with van der Waals surface area (Å²) in [4.78, 5) is 4.44. The Morgan fingerprint density at radius 1 is 1.35 bits per heavy atom. The van der Waals surface area contributed by atoms with Gasteiger partial charge < -0.3 is 9.09 Å². The van der Waals surface area contributed by atoms with Gasteiger partial charge in [0.25, 0.3) is 0 Å². The third kappa shape index (κ3) is 3.02. The van der Waals surface area contributed by atoms with Crippen molar-refractivity contribution in [2.75, 3.05) is 0 Å². The maximum absolute atomic E-state index is 13.5. The minimum Gasteiger partial charge on any atom is -0.361 e. The summed E-state index contributed by atoms with van der Waals surface area (Å²) in [5, 5.41) is 4.71. The highest BCUT2D eigenvalue weighted by Gasteiger charge is 2.35. The molecule has 3 aromatic heterocycles. The second-order valence-corrected chi connectivity index (χ2v) is 7.32. The first-order chi connectivity index (χ1) is 13.5. The normalized spacial score (nSPS) is 20.1. The summed E-state index contributed by atoms with van der Waals surface area (Å²) in [6, 6.07) is 1.91. The highest BCUT2D eigenvalue weighted by atomic mass is 19.3. The summed E-state index contributed by atoms with van der Waals surface area (Å²) in [6.45, 7) is 1.29. The van der Waals surface area contributed by atoms with Gasteiger partial charge in [-0.1, -0.05) is 5.16 Å². The molecule has 0 N–H and O–H groups in total. The van der Waals surface area contributed by atoms with Crippen LogP contribution in [0.25, 0.3) is 22.2 Å². The number of rotatable bonds is 3. The van der Waals surface area contributed by atoms with Crippen LogP contribution in [0.5, 0.6) is 0 Å². The molecular weight excluding hydrogens is 336 g/mol. The Morgan fingerprint density at radius 3 is 2.77 bits per heavy atom. The smallest absolute Gasteiger partial charge is 0.248 e. The predicted octanol–water partition coefficient (Wildman–Crippen LogP) is 5.21. The zero-order valence-electron chi connectivity index (χ0n) is 17.9. The van der Waals surface area contributed by atoms with Gasteiger partial charge in [-0.05, 0) is 50.7 Å². The number of hydrogen-bond acceptors (Lipinski definition) is 3. The number of halogens is 2. The number of aryl methyl sites for hydroxylation is 3. The Bertz CT molecular complexity index is 1030. The van der Waals surface area contributed by atoms with Crippen molar-refractivity contribution in [3.63, 3.8) is 0 Å². The van der Waals surface area contributed by atoms with E-state index in [-0.39, 0.29) is 18.8 Å². The molecule has 0 aromatic carbocycles. The van der Waals surface area contributed by atoms with E-state index in [0.717, 1.165) is 27.8 Å². The van der Waals surface area contributed by atoms with Gasteiger partial charge in [0.15, 0.2) is 0 Å². The van der Waals surface area contributed by atoms with Crippen LogP contribution in [-0.2, 0) is 13.4 Å². The van der Waals surface area contributed by atoms with Gasteiger partial charge in [-0.25, -0.2) is 13.8 Å². The van der Waals surface area contributed by atoms with Crippen molar-refractivity contribution in [1.82, 2.24) is 14.7 Å². The fourth-order valence-electron chi connectivity index (χ4n) is 3.98. The molecule has 0 saturated heterocycles. The molecule has 3 aromatic rings. The van der Waals surface area contributed by atoms with Crippen molar-refractivity contribution in [2.24, 2.45) is 12.9 Å². The van der Waals surface area contributed by atoms with E-state index >= 15 is 0 Å². The van der Waals surface area contributed by atoms with Crippen molar-refractivity contribution in [1.29, 1.82) is 0 Å². The SMILES string of the molecule is [2H]C([2H])([2H])n1cc(CC2CCC(F)(F)CC2)c2cc(-c3c(C)noc3C)cnc21. The van der Waals surface area contributed by atoms with Gasteiger partial charge in [0.2, 0.25) is 5.92 Å². The van der Waals surface area contributed by atoms with Crippen molar-refractivity contribution in [2.45, 2.75) is 51.9 Å². The van der Waals surface area contributed by atoms with E-state index in [0.29, 0.717) is 30.7 Å². The van der Waals surface area contributed by atoms with Crippen LogP contribution in [0.15, 0.2) is 23.0 Å². The largest absolute Gasteiger partial charge is 0.361 e. The van der Waals surface area contributed by atoms with E-state index in [2.05, 4.69) is 10.1 Å². The first-order valence-corrected chi connectivity index (χ1v) is 8.87. The van der Waals surface area contributed by atoms with Gasteiger partial charge in [-0.2, -0.15) is 0 Å². The van der Waals surface area contributed by atoms with Gasteiger partial charge in [0, 0.05) is 52.8 Å². The van der Waals surface area contributed by atoms with E-state index < -0.39 is 12.9 Å². The lowest BCUT2D eigenvalue weighted by atomic mass is 9.83. The molecule has 4 rings (SSSR count). The van der Waals surface area contributed by atoms with E-state index in [9.17, 15) is 8.78 Å². The molecule has 1 aliphatic rings. The van der Waals surface area contributed by atoms with Crippen LogP contribution in [0, 0.1) is 19.8 Å². The number of alkyl halides is 2. The summed E-state index contributed by atoms with van der Waals surface area (Å²) in [5.74, 6) is -1.82. The molecule has 138 valence electrons. The lowest BCUT2D eigenvalue weighted by Gasteiger charge is -2.28. The molecule has 0 unspecified atom stereocenters. The van der Waals surface area contributed by atoms with Crippen molar-refractivity contribution >= 4 is 11.0 Å². The average Bonchev–Trinajstić information content (AvgIpc) is 3.16. The van der Waals surface area contributed by atoms with Crippen LogP contribution in [0.3, 0.4) is 0 Å². The van der Waals surface area contributed by atoms with E-state index in [4.69, 9.17) is 8.64 Å². The second-order valence-electron chi connectivity index (χ2n) is 7.32. The topological polar surface area (TPSA) is 43.9 Å². The first kappa shape index (κ1) is 13.9. The Labute approximate surface area is 155 Å². The zero-order valence-corrected chi connectivity index (χ0v) is 14.9. The van der Waals surface area contributed by atoms with Crippen LogP contribution < -0.4 is 0 Å². The standard InChI is InChI=1S/C20H23F2N3O/c1-12-18(13(2)26-24-12)15-9-17-16(11-25(3)19(17)23-10-15)8-14-4-6-20(21,22)7-5-14/h9-11,14H,4-8H2,1-3H3/i3D3. The van der Waals surface area contributed by atoms with Gasteiger partial charge in [-0.15, -0.1) is 0 Å². The van der Waals surface area contributed by atoms with Crippen LogP contribution in [0.4, 0.5) is 8.78 Å². The van der Waals surface area contributed by atoms with Gasteiger partial charge in [0.1, 0.15) is 11.4 Å². The molecule has 1 saturated carbocycles. The maximum atomic E-state index is 13.5. The molecule has 0 amide bonds. The molecule has 0 aliphatic heterocycles. The lowest BCUT2D eigenvalue weighted by molar-refractivity contribution is -0.0456. The summed E-state index contributed by atoms with van der Waals surface area (Å²) < 4.78 is 57.0. The van der Waals surface area contributed by atoms with E-state index in [1.54, 1.807) is 12.4 Å². The van der Waals surface area contributed by atoms with Crippen LogP contribution in [0.1, 0.15) is 46.8 Å². The predicted molar refractivity (Wildman–Crippen MR) is 96.3 cm³/mol. The number of hydrogen-bond donors (Lipinski definition) is 0. The third-order valence-corrected chi connectivity index (χ3v) is 5.39. The van der Waals surface area contributed by atoms with Gasteiger partial charge in [0.05, 0.1) is 5.69 Å². The van der Waals surface area contributed by atoms with E-state index in [1.165, 1.54) is 4.57 Å². The Hall–Kier alpha value is -2.24. The summed E-state index contributed by atoms with van der Waals surface area (Å²) in [5.41, 5.74) is 3.57. The number of pyridine rings is 1. The lowest BCUT2D eigenvalue weighted by Crippen LogP contribution is -2.25.